The maximum Gasteiger partial charge on any atom is 0.338 e. The Morgan fingerprint density at radius 3 is 1.86 bits per heavy atom. The summed E-state index contributed by atoms with van der Waals surface area (Å²) in [5.41, 5.74) is 8.37. The van der Waals surface area contributed by atoms with Crippen molar-refractivity contribution in [2.24, 2.45) is 5.92 Å². The average Bonchev–Trinajstić information content (AvgIpc) is 3.03. The Kier molecular flexibility index (Phi) is 13.6. The predicted molar refractivity (Wildman–Crippen MR) is 176 cm³/mol. The Labute approximate surface area is 262 Å². The van der Waals surface area contributed by atoms with Crippen LogP contribution >= 0.6 is 0 Å². The number of benzene rings is 3. The van der Waals surface area contributed by atoms with Gasteiger partial charge in [0.25, 0.3) is 0 Å². The molecule has 0 heterocycles. The van der Waals surface area contributed by atoms with Crippen LogP contribution in [0.3, 0.4) is 0 Å². The van der Waals surface area contributed by atoms with Crippen molar-refractivity contribution in [3.05, 3.63) is 113 Å². The molecule has 0 aromatic heterocycles. The van der Waals surface area contributed by atoms with Gasteiger partial charge in [0, 0.05) is 35.8 Å². The van der Waals surface area contributed by atoms with Crippen LogP contribution in [0.25, 0.3) is 11.1 Å². The highest BCUT2D eigenvalue weighted by Gasteiger charge is 2.16. The number of rotatable bonds is 17. The summed E-state index contributed by atoms with van der Waals surface area (Å²) in [6.07, 6.45) is 5.48. The molecule has 0 spiro atoms. The molecule has 0 unspecified atom stereocenters. The third-order valence-electron chi connectivity index (χ3n) is 7.71. The summed E-state index contributed by atoms with van der Waals surface area (Å²) in [6, 6.07) is 20.9. The van der Waals surface area contributed by atoms with Gasteiger partial charge in [0.1, 0.15) is 5.75 Å². The number of aliphatic hydroxyl groups is 2. The summed E-state index contributed by atoms with van der Waals surface area (Å²) < 4.78 is 11.0. The van der Waals surface area contributed by atoms with Gasteiger partial charge in [0.2, 0.25) is 0 Å². The van der Waals surface area contributed by atoms with Gasteiger partial charge in [0.05, 0.1) is 6.61 Å². The lowest BCUT2D eigenvalue weighted by Crippen LogP contribution is -2.12. The Morgan fingerprint density at radius 1 is 0.727 bits per heavy atom. The van der Waals surface area contributed by atoms with Crippen molar-refractivity contribution >= 4 is 11.9 Å². The highest BCUT2D eigenvalue weighted by molar-refractivity contribution is 5.90. The van der Waals surface area contributed by atoms with E-state index in [1.807, 2.05) is 12.1 Å². The lowest BCUT2D eigenvalue weighted by Gasteiger charge is -2.17. The van der Waals surface area contributed by atoms with Crippen LogP contribution in [0.1, 0.15) is 61.4 Å². The van der Waals surface area contributed by atoms with E-state index in [1.165, 1.54) is 11.1 Å². The zero-order valence-electron chi connectivity index (χ0n) is 26.4. The van der Waals surface area contributed by atoms with Crippen molar-refractivity contribution in [1.29, 1.82) is 0 Å². The van der Waals surface area contributed by atoms with E-state index in [1.54, 1.807) is 13.8 Å². The van der Waals surface area contributed by atoms with Crippen molar-refractivity contribution < 1.29 is 29.3 Å². The smallest absolute Gasteiger partial charge is 0.338 e. The SMILES string of the molecule is C=C(C)C(=O)OCCCc1ccc(CCc2ccc(-c3ccc(CCC(CO)CO)cc3CC)c(OC(=O)C(=C)C)c2)cc1. The van der Waals surface area contributed by atoms with Gasteiger partial charge < -0.3 is 19.7 Å². The monoisotopic (exact) mass is 598 g/mol. The number of carbonyl (C=O) groups excluding carboxylic acids is 2. The largest absolute Gasteiger partial charge is 0.462 e. The second-order valence-electron chi connectivity index (χ2n) is 11.5. The fourth-order valence-corrected chi connectivity index (χ4v) is 4.91. The average molecular weight is 599 g/mol. The van der Waals surface area contributed by atoms with Gasteiger partial charge in [-0.2, -0.15) is 0 Å². The first-order chi connectivity index (χ1) is 21.1. The zero-order valence-corrected chi connectivity index (χ0v) is 26.4. The molecule has 3 aromatic carbocycles. The van der Waals surface area contributed by atoms with Crippen LogP contribution < -0.4 is 4.74 Å². The Hall–Kier alpha value is -4.00. The van der Waals surface area contributed by atoms with Crippen molar-refractivity contribution in [1.82, 2.24) is 0 Å². The van der Waals surface area contributed by atoms with E-state index >= 15 is 0 Å². The minimum atomic E-state index is -0.456. The first kappa shape index (κ1) is 34.5. The van der Waals surface area contributed by atoms with Crippen molar-refractivity contribution in [3.8, 4) is 16.9 Å². The molecule has 0 radical (unpaired) electrons. The van der Waals surface area contributed by atoms with E-state index in [2.05, 4.69) is 68.6 Å². The highest BCUT2D eigenvalue weighted by atomic mass is 16.5. The molecule has 2 N–H and O–H groups in total. The number of esters is 2. The number of aliphatic hydroxyl groups excluding tert-OH is 2. The van der Waals surface area contributed by atoms with E-state index in [0.717, 1.165) is 66.3 Å². The minimum absolute atomic E-state index is 0.0271. The molecular weight excluding hydrogens is 552 g/mol. The first-order valence-electron chi connectivity index (χ1n) is 15.4. The van der Waals surface area contributed by atoms with Crippen LogP contribution in [0.5, 0.6) is 5.75 Å². The van der Waals surface area contributed by atoms with Crippen LogP contribution in [0.4, 0.5) is 0 Å². The number of hydrogen-bond donors (Lipinski definition) is 2. The normalized spacial score (nSPS) is 11.0. The fourth-order valence-electron chi connectivity index (χ4n) is 4.91. The van der Waals surface area contributed by atoms with Gasteiger partial charge in [0.15, 0.2) is 0 Å². The molecule has 0 fully saturated rings. The number of carbonyl (C=O) groups is 2. The molecule has 6 heteroatoms. The summed E-state index contributed by atoms with van der Waals surface area (Å²) in [5.74, 6) is -0.413. The lowest BCUT2D eigenvalue weighted by atomic mass is 9.92. The van der Waals surface area contributed by atoms with Crippen molar-refractivity contribution in [2.75, 3.05) is 19.8 Å². The molecular formula is C38H46O6. The van der Waals surface area contributed by atoms with E-state index in [9.17, 15) is 19.8 Å². The molecule has 44 heavy (non-hydrogen) atoms. The van der Waals surface area contributed by atoms with Crippen LogP contribution in [0.2, 0.25) is 0 Å². The minimum Gasteiger partial charge on any atom is -0.462 e. The topological polar surface area (TPSA) is 93.1 Å². The maximum absolute atomic E-state index is 12.6. The quantitative estimate of drug-likeness (QED) is 0.0771. The lowest BCUT2D eigenvalue weighted by molar-refractivity contribution is -0.139. The van der Waals surface area contributed by atoms with Crippen LogP contribution in [0, 0.1) is 5.92 Å². The summed E-state index contributed by atoms with van der Waals surface area (Å²) >= 11 is 0. The standard InChI is InChI=1S/C38H46O6/c1-6-33-22-30(15-16-32(24-39)25-40)17-19-34(33)35-20-18-31(23-36(35)44-38(42)27(4)5)14-13-29-11-9-28(10-12-29)8-7-21-43-37(41)26(2)3/h9-12,17-20,22-23,32,39-40H,2,4,6-8,13-16,21,24-25H2,1,3,5H3. The van der Waals surface area contributed by atoms with Gasteiger partial charge in [-0.3, -0.25) is 0 Å². The van der Waals surface area contributed by atoms with Gasteiger partial charge in [-0.25, -0.2) is 9.59 Å². The Morgan fingerprint density at radius 2 is 1.27 bits per heavy atom. The number of aryl methyl sites for hydroxylation is 5. The van der Waals surface area contributed by atoms with Gasteiger partial charge in [-0.15, -0.1) is 0 Å². The maximum atomic E-state index is 12.6. The van der Waals surface area contributed by atoms with Crippen LogP contribution in [-0.2, 0) is 46.4 Å². The molecule has 6 nitrogen and oxygen atoms in total. The van der Waals surface area contributed by atoms with Gasteiger partial charge >= 0.3 is 11.9 Å². The van der Waals surface area contributed by atoms with E-state index in [0.29, 0.717) is 29.9 Å². The molecule has 234 valence electrons. The number of hydrogen-bond acceptors (Lipinski definition) is 6. The molecule has 0 aliphatic carbocycles. The molecule has 0 atom stereocenters. The van der Waals surface area contributed by atoms with Gasteiger partial charge in [-0.1, -0.05) is 74.7 Å². The first-order valence-corrected chi connectivity index (χ1v) is 15.4. The number of ether oxygens (including phenoxy) is 2. The third-order valence-corrected chi connectivity index (χ3v) is 7.71. The predicted octanol–water partition coefficient (Wildman–Crippen LogP) is 6.77. The molecule has 3 rings (SSSR count). The third kappa shape index (κ3) is 10.3. The molecule has 0 saturated carbocycles. The van der Waals surface area contributed by atoms with E-state index in [4.69, 9.17) is 9.47 Å². The molecule has 0 saturated heterocycles. The van der Waals surface area contributed by atoms with Crippen LogP contribution in [-0.4, -0.2) is 42.0 Å². The summed E-state index contributed by atoms with van der Waals surface area (Å²) in [5, 5.41) is 18.8. The van der Waals surface area contributed by atoms with Gasteiger partial charge in [-0.05, 0) is 98.2 Å². The second-order valence-corrected chi connectivity index (χ2v) is 11.5. The van der Waals surface area contributed by atoms with Crippen molar-refractivity contribution in [3.63, 3.8) is 0 Å². The molecule has 0 amide bonds. The van der Waals surface area contributed by atoms with E-state index < -0.39 is 5.97 Å². The highest BCUT2D eigenvalue weighted by Crippen LogP contribution is 2.35. The molecule has 0 bridgehead atoms. The van der Waals surface area contributed by atoms with Crippen LogP contribution in [0.15, 0.2) is 85.0 Å². The molecule has 3 aromatic rings. The molecule has 0 aliphatic rings. The Bertz CT molecular complexity index is 1430. The van der Waals surface area contributed by atoms with Crippen molar-refractivity contribution in [2.45, 2.75) is 65.7 Å². The van der Waals surface area contributed by atoms with E-state index in [-0.39, 0.29) is 25.1 Å². The molecule has 0 aliphatic heterocycles. The Balaban J connectivity index is 1.73. The zero-order chi connectivity index (χ0) is 32.1. The summed E-state index contributed by atoms with van der Waals surface area (Å²) in [4.78, 5) is 24.1. The fraction of sp³-hybridized carbons (Fsp3) is 0.368. The summed E-state index contributed by atoms with van der Waals surface area (Å²) in [7, 11) is 0. The summed E-state index contributed by atoms with van der Waals surface area (Å²) in [6.45, 7) is 13.1. The second kappa shape index (κ2) is 17.3.